The van der Waals surface area contributed by atoms with E-state index in [1.807, 2.05) is 26.0 Å². The number of hydrogen-bond donors (Lipinski definition) is 4. The van der Waals surface area contributed by atoms with E-state index in [0.29, 0.717) is 12.8 Å². The lowest BCUT2D eigenvalue weighted by Crippen LogP contribution is -2.49. The van der Waals surface area contributed by atoms with Crippen molar-refractivity contribution in [2.75, 3.05) is 7.05 Å². The summed E-state index contributed by atoms with van der Waals surface area (Å²) in [5.41, 5.74) is 5.29. The lowest BCUT2D eigenvalue weighted by Gasteiger charge is -2.25. The summed E-state index contributed by atoms with van der Waals surface area (Å²) in [4.78, 5) is 37.0. The molecule has 7 heteroatoms. The van der Waals surface area contributed by atoms with Gasteiger partial charge in [-0.1, -0.05) is 32.0 Å². The molecule has 0 fully saturated rings. The van der Waals surface area contributed by atoms with Crippen molar-refractivity contribution in [2.45, 2.75) is 64.8 Å². The fraction of sp³-hybridized carbons (Fsp3) is 0.591. The molecule has 2 atom stereocenters. The Morgan fingerprint density at radius 1 is 1.10 bits per heavy atom. The SMILES string of the molecule is CNC(=O)[C@H](Cc1cccc2c1CCCC2)NC(=O)[C@@H](CC(=O)NO)CC(C)C. The predicted molar refractivity (Wildman–Crippen MR) is 110 cm³/mol. The first-order valence-electron chi connectivity index (χ1n) is 10.4. The maximum atomic E-state index is 12.9. The first-order chi connectivity index (χ1) is 13.8. The Morgan fingerprint density at radius 3 is 2.48 bits per heavy atom. The zero-order valence-electron chi connectivity index (χ0n) is 17.6. The number of carbonyl (C=O) groups excluding carboxylic acids is 3. The maximum Gasteiger partial charge on any atom is 0.244 e. The highest BCUT2D eigenvalue weighted by atomic mass is 16.5. The van der Waals surface area contributed by atoms with Crippen molar-refractivity contribution in [3.05, 3.63) is 34.9 Å². The molecule has 0 aliphatic heterocycles. The van der Waals surface area contributed by atoms with Crippen LogP contribution in [0.25, 0.3) is 0 Å². The molecule has 3 amide bonds. The molecule has 0 spiro atoms. The molecule has 29 heavy (non-hydrogen) atoms. The number of likely N-dealkylation sites (N-methyl/N-ethyl adjacent to an activating group) is 1. The van der Waals surface area contributed by atoms with Gasteiger partial charge in [-0.05, 0) is 54.7 Å². The Balaban J connectivity index is 2.18. The molecule has 1 aromatic carbocycles. The van der Waals surface area contributed by atoms with Crippen molar-refractivity contribution in [1.82, 2.24) is 16.1 Å². The Kier molecular flexibility index (Phi) is 8.64. The van der Waals surface area contributed by atoms with Gasteiger partial charge in [-0.15, -0.1) is 0 Å². The van der Waals surface area contributed by atoms with Crippen LogP contribution in [-0.2, 0) is 33.6 Å². The van der Waals surface area contributed by atoms with Gasteiger partial charge in [0.15, 0.2) is 0 Å². The fourth-order valence-corrected chi connectivity index (χ4v) is 4.07. The largest absolute Gasteiger partial charge is 0.357 e. The average Bonchev–Trinajstić information content (AvgIpc) is 2.71. The van der Waals surface area contributed by atoms with E-state index < -0.39 is 17.9 Å². The van der Waals surface area contributed by atoms with Gasteiger partial charge in [0.2, 0.25) is 17.7 Å². The third kappa shape index (κ3) is 6.56. The van der Waals surface area contributed by atoms with Crippen LogP contribution in [0.1, 0.15) is 56.2 Å². The molecule has 1 aliphatic carbocycles. The van der Waals surface area contributed by atoms with Gasteiger partial charge in [-0.3, -0.25) is 19.6 Å². The van der Waals surface area contributed by atoms with Crippen LogP contribution in [0.3, 0.4) is 0 Å². The summed E-state index contributed by atoms with van der Waals surface area (Å²) in [6, 6.07) is 5.46. The van der Waals surface area contributed by atoms with Crippen molar-refractivity contribution >= 4 is 17.7 Å². The predicted octanol–water partition coefficient (Wildman–Crippen LogP) is 1.90. The van der Waals surface area contributed by atoms with Gasteiger partial charge >= 0.3 is 0 Å². The van der Waals surface area contributed by atoms with Gasteiger partial charge in [-0.25, -0.2) is 5.48 Å². The molecular weight excluding hydrogens is 370 g/mol. The molecule has 0 aromatic heterocycles. The van der Waals surface area contributed by atoms with Gasteiger partial charge in [0, 0.05) is 25.8 Å². The zero-order chi connectivity index (χ0) is 21.4. The summed E-state index contributed by atoms with van der Waals surface area (Å²) < 4.78 is 0. The topological polar surface area (TPSA) is 108 Å². The molecule has 0 radical (unpaired) electrons. The number of hydroxylamine groups is 1. The number of rotatable bonds is 9. The Hall–Kier alpha value is -2.41. The summed E-state index contributed by atoms with van der Waals surface area (Å²) in [7, 11) is 1.55. The normalized spacial score (nSPS) is 15.2. The Morgan fingerprint density at radius 2 is 1.83 bits per heavy atom. The van der Waals surface area contributed by atoms with Crippen LogP contribution in [0.4, 0.5) is 0 Å². The van der Waals surface area contributed by atoms with Crippen molar-refractivity contribution in [1.29, 1.82) is 0 Å². The molecule has 0 bridgehead atoms. The molecule has 7 nitrogen and oxygen atoms in total. The summed E-state index contributed by atoms with van der Waals surface area (Å²) in [6.07, 6.45) is 5.13. The smallest absolute Gasteiger partial charge is 0.244 e. The highest BCUT2D eigenvalue weighted by Crippen LogP contribution is 2.25. The molecule has 4 N–H and O–H groups in total. The number of carbonyl (C=O) groups is 3. The fourth-order valence-electron chi connectivity index (χ4n) is 4.07. The number of hydrogen-bond acceptors (Lipinski definition) is 4. The van der Waals surface area contributed by atoms with Crippen LogP contribution in [-0.4, -0.2) is 36.0 Å². The number of nitrogens with one attached hydrogen (secondary N) is 3. The molecule has 1 aliphatic rings. The molecule has 0 heterocycles. The van der Waals surface area contributed by atoms with Crippen molar-refractivity contribution < 1.29 is 19.6 Å². The van der Waals surface area contributed by atoms with E-state index in [1.54, 1.807) is 12.5 Å². The van der Waals surface area contributed by atoms with Gasteiger partial charge in [0.1, 0.15) is 6.04 Å². The summed E-state index contributed by atoms with van der Waals surface area (Å²) in [5.74, 6) is -1.64. The zero-order valence-corrected chi connectivity index (χ0v) is 17.6. The van der Waals surface area contributed by atoms with E-state index in [2.05, 4.69) is 16.7 Å². The number of aryl methyl sites for hydroxylation is 1. The van der Waals surface area contributed by atoms with Gasteiger partial charge in [0.25, 0.3) is 0 Å². The minimum absolute atomic E-state index is 0.123. The van der Waals surface area contributed by atoms with E-state index in [0.717, 1.165) is 24.8 Å². The monoisotopic (exact) mass is 403 g/mol. The summed E-state index contributed by atoms with van der Waals surface area (Å²) in [5, 5.41) is 14.3. The molecule has 160 valence electrons. The highest BCUT2D eigenvalue weighted by Gasteiger charge is 2.28. The van der Waals surface area contributed by atoms with Crippen LogP contribution in [0.2, 0.25) is 0 Å². The quantitative estimate of drug-likeness (QED) is 0.373. The van der Waals surface area contributed by atoms with E-state index in [-0.39, 0.29) is 24.2 Å². The molecular formula is C22H33N3O4. The van der Waals surface area contributed by atoms with Crippen molar-refractivity contribution in [3.63, 3.8) is 0 Å². The average molecular weight is 404 g/mol. The first-order valence-corrected chi connectivity index (χ1v) is 10.4. The Bertz CT molecular complexity index is 733. The van der Waals surface area contributed by atoms with E-state index in [1.165, 1.54) is 17.5 Å². The minimum Gasteiger partial charge on any atom is -0.357 e. The van der Waals surface area contributed by atoms with Gasteiger partial charge in [-0.2, -0.15) is 0 Å². The van der Waals surface area contributed by atoms with Crippen molar-refractivity contribution in [2.24, 2.45) is 11.8 Å². The molecule has 1 aromatic rings. The first kappa shape index (κ1) is 22.9. The lowest BCUT2D eigenvalue weighted by atomic mass is 9.86. The number of fused-ring (bicyclic) bond motifs is 1. The van der Waals surface area contributed by atoms with Crippen LogP contribution in [0.15, 0.2) is 18.2 Å². The summed E-state index contributed by atoms with van der Waals surface area (Å²) in [6.45, 7) is 3.92. The maximum absolute atomic E-state index is 12.9. The second-order valence-electron chi connectivity index (χ2n) is 8.21. The third-order valence-corrected chi connectivity index (χ3v) is 5.48. The van der Waals surface area contributed by atoms with Gasteiger partial charge < -0.3 is 10.6 Å². The van der Waals surface area contributed by atoms with Crippen LogP contribution in [0.5, 0.6) is 0 Å². The minimum atomic E-state index is -0.715. The summed E-state index contributed by atoms with van der Waals surface area (Å²) >= 11 is 0. The number of benzene rings is 1. The molecule has 2 rings (SSSR count). The van der Waals surface area contributed by atoms with Crippen LogP contribution < -0.4 is 16.1 Å². The number of amides is 3. The van der Waals surface area contributed by atoms with Gasteiger partial charge in [0.05, 0.1) is 0 Å². The highest BCUT2D eigenvalue weighted by molar-refractivity contribution is 5.90. The Labute approximate surface area is 172 Å². The van der Waals surface area contributed by atoms with Crippen LogP contribution in [0, 0.1) is 11.8 Å². The van der Waals surface area contributed by atoms with E-state index in [4.69, 9.17) is 5.21 Å². The van der Waals surface area contributed by atoms with E-state index in [9.17, 15) is 14.4 Å². The molecule has 0 saturated carbocycles. The molecule has 0 saturated heterocycles. The lowest BCUT2D eigenvalue weighted by molar-refractivity contribution is -0.136. The van der Waals surface area contributed by atoms with E-state index >= 15 is 0 Å². The standard InChI is InChI=1S/C22H33N3O4/c1-14(2)11-17(13-20(26)25-29)21(27)24-19(22(28)23-3)12-16-9-6-8-15-7-4-5-10-18(15)16/h6,8-9,14,17,19,29H,4-5,7,10-13H2,1-3H3,(H,23,28)(H,24,27)(H,25,26)/t17-,19+/m1/s1. The molecule has 0 unspecified atom stereocenters. The second-order valence-corrected chi connectivity index (χ2v) is 8.21. The third-order valence-electron chi connectivity index (χ3n) is 5.48. The van der Waals surface area contributed by atoms with Crippen molar-refractivity contribution in [3.8, 4) is 0 Å². The van der Waals surface area contributed by atoms with Crippen LogP contribution >= 0.6 is 0 Å². The second kappa shape index (κ2) is 11.0.